The zero-order valence-corrected chi connectivity index (χ0v) is 11.2. The second kappa shape index (κ2) is 3.98. The Morgan fingerprint density at radius 2 is 1.56 bits per heavy atom. The van der Waals surface area contributed by atoms with Gasteiger partial charge >= 0.3 is 5.97 Å². The van der Waals surface area contributed by atoms with Gasteiger partial charge in [-0.3, -0.25) is 4.79 Å². The van der Waals surface area contributed by atoms with Crippen LogP contribution in [-0.4, -0.2) is 12.6 Å². The van der Waals surface area contributed by atoms with Gasteiger partial charge in [0.05, 0.1) is 12.5 Å². The van der Waals surface area contributed by atoms with Gasteiger partial charge in [-0.2, -0.15) is 0 Å². The van der Waals surface area contributed by atoms with E-state index in [0.29, 0.717) is 12.0 Å². The molecule has 0 atom stereocenters. The predicted octanol–water partition coefficient (Wildman–Crippen LogP) is 3.55. The Hall–Kier alpha value is -0.530. The van der Waals surface area contributed by atoms with Crippen LogP contribution in [0, 0.1) is 29.1 Å². The Balaban J connectivity index is 1.34. The molecule has 0 radical (unpaired) electrons. The highest BCUT2D eigenvalue weighted by Gasteiger charge is 2.50. The molecule has 5 aliphatic carbocycles. The molecule has 100 valence electrons. The molecule has 0 amide bonds. The number of hydrogen-bond donors (Lipinski definition) is 0. The molecule has 0 unspecified atom stereocenters. The summed E-state index contributed by atoms with van der Waals surface area (Å²) in [6.45, 7) is 0.696. The van der Waals surface area contributed by atoms with Crippen molar-refractivity contribution in [1.29, 1.82) is 0 Å². The fourth-order valence-electron chi connectivity index (χ4n) is 5.40. The molecule has 18 heavy (non-hydrogen) atoms. The van der Waals surface area contributed by atoms with Crippen LogP contribution >= 0.6 is 0 Å². The van der Waals surface area contributed by atoms with Crippen molar-refractivity contribution in [2.45, 2.75) is 57.8 Å². The van der Waals surface area contributed by atoms with Crippen LogP contribution in [0.25, 0.3) is 0 Å². The molecule has 0 spiro atoms. The Kier molecular flexibility index (Phi) is 2.50. The zero-order valence-electron chi connectivity index (χ0n) is 11.2. The van der Waals surface area contributed by atoms with Crippen molar-refractivity contribution in [3.05, 3.63) is 0 Å². The predicted molar refractivity (Wildman–Crippen MR) is 68.9 cm³/mol. The standard InChI is InChI=1S/C16H24O2/c17-15(14-1-2-14)18-4-3-16-8-11-5-12(9-16)7-13(6-11)10-16/h11-14H,1-10H2. The number of rotatable bonds is 4. The minimum Gasteiger partial charge on any atom is -0.465 e. The fraction of sp³-hybridized carbons (Fsp3) is 0.938. The minimum atomic E-state index is 0.0831. The van der Waals surface area contributed by atoms with Crippen LogP contribution in [0.15, 0.2) is 0 Å². The highest BCUT2D eigenvalue weighted by Crippen LogP contribution is 2.61. The van der Waals surface area contributed by atoms with Gasteiger partial charge in [0, 0.05) is 0 Å². The van der Waals surface area contributed by atoms with Gasteiger partial charge in [-0.25, -0.2) is 0 Å². The van der Waals surface area contributed by atoms with E-state index in [1.165, 1.54) is 38.5 Å². The Morgan fingerprint density at radius 1 is 1.00 bits per heavy atom. The van der Waals surface area contributed by atoms with Crippen LogP contribution in [0.5, 0.6) is 0 Å². The second-order valence-corrected chi connectivity index (χ2v) is 7.61. The molecule has 0 aromatic carbocycles. The first-order valence-electron chi connectivity index (χ1n) is 7.89. The van der Waals surface area contributed by atoms with Gasteiger partial charge in [-0.1, -0.05) is 0 Å². The Morgan fingerprint density at radius 3 is 2.06 bits per heavy atom. The van der Waals surface area contributed by atoms with E-state index in [1.807, 2.05) is 0 Å². The van der Waals surface area contributed by atoms with E-state index in [4.69, 9.17) is 4.74 Å². The molecule has 0 aromatic rings. The average molecular weight is 248 g/mol. The molecule has 2 heteroatoms. The van der Waals surface area contributed by atoms with Crippen molar-refractivity contribution < 1.29 is 9.53 Å². The smallest absolute Gasteiger partial charge is 0.308 e. The van der Waals surface area contributed by atoms with Crippen LogP contribution in [0.2, 0.25) is 0 Å². The summed E-state index contributed by atoms with van der Waals surface area (Å²) >= 11 is 0. The van der Waals surface area contributed by atoms with Gasteiger partial charge in [0.25, 0.3) is 0 Å². The number of ether oxygens (including phenoxy) is 1. The molecular weight excluding hydrogens is 224 g/mol. The van der Waals surface area contributed by atoms with E-state index in [0.717, 1.165) is 37.0 Å². The van der Waals surface area contributed by atoms with Crippen LogP contribution in [0.1, 0.15) is 57.8 Å². The molecule has 0 aliphatic heterocycles. The van der Waals surface area contributed by atoms with Gasteiger partial charge in [0.1, 0.15) is 0 Å². The maximum Gasteiger partial charge on any atom is 0.308 e. The molecule has 5 fully saturated rings. The lowest BCUT2D eigenvalue weighted by molar-refractivity contribution is -0.147. The van der Waals surface area contributed by atoms with Gasteiger partial charge in [0.15, 0.2) is 0 Å². The van der Waals surface area contributed by atoms with Gasteiger partial charge in [0.2, 0.25) is 0 Å². The Labute approximate surface area is 109 Å². The monoisotopic (exact) mass is 248 g/mol. The largest absolute Gasteiger partial charge is 0.465 e. The molecule has 5 rings (SSSR count). The SMILES string of the molecule is O=C(OCCC12CC3CC(CC(C3)C1)C2)C1CC1. The lowest BCUT2D eigenvalue weighted by Gasteiger charge is -2.57. The fourth-order valence-corrected chi connectivity index (χ4v) is 5.40. The molecule has 2 nitrogen and oxygen atoms in total. The topological polar surface area (TPSA) is 26.3 Å². The van der Waals surface area contributed by atoms with Crippen molar-refractivity contribution >= 4 is 5.97 Å². The number of esters is 1. The summed E-state index contributed by atoms with van der Waals surface area (Å²) < 4.78 is 5.47. The van der Waals surface area contributed by atoms with Crippen LogP contribution in [0.3, 0.4) is 0 Å². The summed E-state index contributed by atoms with van der Waals surface area (Å²) in [5.74, 6) is 3.38. The van der Waals surface area contributed by atoms with E-state index in [1.54, 1.807) is 0 Å². The quantitative estimate of drug-likeness (QED) is 0.711. The molecule has 5 aliphatic rings. The van der Waals surface area contributed by atoms with Crippen molar-refractivity contribution in [3.8, 4) is 0 Å². The molecule has 0 heterocycles. The van der Waals surface area contributed by atoms with Gasteiger partial charge in [-0.05, 0) is 81.0 Å². The minimum absolute atomic E-state index is 0.0831. The van der Waals surface area contributed by atoms with Crippen molar-refractivity contribution in [3.63, 3.8) is 0 Å². The lowest BCUT2D eigenvalue weighted by atomic mass is 9.49. The van der Waals surface area contributed by atoms with Crippen LogP contribution in [-0.2, 0) is 9.53 Å². The molecule has 0 aromatic heterocycles. The molecule has 0 N–H and O–H groups in total. The third-order valence-corrected chi connectivity index (χ3v) is 5.95. The van der Waals surface area contributed by atoms with Crippen LogP contribution < -0.4 is 0 Å². The third-order valence-electron chi connectivity index (χ3n) is 5.95. The highest BCUT2D eigenvalue weighted by atomic mass is 16.5. The molecule has 5 saturated carbocycles. The first kappa shape index (κ1) is 11.3. The van der Waals surface area contributed by atoms with E-state index < -0.39 is 0 Å². The first-order valence-corrected chi connectivity index (χ1v) is 7.89. The zero-order chi connectivity index (χ0) is 12.2. The normalized spacial score (nSPS) is 45.2. The summed E-state index contributed by atoms with van der Waals surface area (Å²) in [5, 5.41) is 0. The summed E-state index contributed by atoms with van der Waals surface area (Å²) in [6, 6.07) is 0. The number of carbonyl (C=O) groups is 1. The molecule has 4 bridgehead atoms. The third kappa shape index (κ3) is 1.98. The van der Waals surface area contributed by atoms with Gasteiger partial charge in [-0.15, -0.1) is 0 Å². The summed E-state index contributed by atoms with van der Waals surface area (Å²) in [4.78, 5) is 11.6. The molecule has 0 saturated heterocycles. The van der Waals surface area contributed by atoms with E-state index in [9.17, 15) is 4.79 Å². The number of hydrogen-bond acceptors (Lipinski definition) is 2. The van der Waals surface area contributed by atoms with E-state index in [-0.39, 0.29) is 11.9 Å². The Bertz CT molecular complexity index is 321. The second-order valence-electron chi connectivity index (χ2n) is 7.61. The van der Waals surface area contributed by atoms with E-state index in [2.05, 4.69) is 0 Å². The van der Waals surface area contributed by atoms with E-state index >= 15 is 0 Å². The van der Waals surface area contributed by atoms with Crippen molar-refractivity contribution in [1.82, 2.24) is 0 Å². The van der Waals surface area contributed by atoms with Crippen LogP contribution in [0.4, 0.5) is 0 Å². The van der Waals surface area contributed by atoms with Crippen molar-refractivity contribution in [2.24, 2.45) is 29.1 Å². The summed E-state index contributed by atoms with van der Waals surface area (Å²) in [6.07, 6.45) is 12.1. The highest BCUT2D eigenvalue weighted by molar-refractivity contribution is 5.74. The summed E-state index contributed by atoms with van der Waals surface area (Å²) in [5.41, 5.74) is 0.568. The average Bonchev–Trinajstić information content (AvgIpc) is 3.09. The molecular formula is C16H24O2. The lowest BCUT2D eigenvalue weighted by Crippen LogP contribution is -2.46. The van der Waals surface area contributed by atoms with Crippen molar-refractivity contribution in [2.75, 3.05) is 6.61 Å². The first-order chi connectivity index (χ1) is 8.72. The summed E-state index contributed by atoms with van der Waals surface area (Å²) in [7, 11) is 0. The maximum atomic E-state index is 11.6. The number of carbonyl (C=O) groups excluding carboxylic acids is 1. The maximum absolute atomic E-state index is 11.6. The van der Waals surface area contributed by atoms with Gasteiger partial charge < -0.3 is 4.74 Å².